The van der Waals surface area contributed by atoms with Gasteiger partial charge in [0.1, 0.15) is 0 Å². The van der Waals surface area contributed by atoms with Gasteiger partial charge in [0.15, 0.2) is 0 Å². The monoisotopic (exact) mass is 146 g/mol. The smallest absolute Gasteiger partial charge is 0.0553 e. The molecular weight excluding hydrogens is 132 g/mol. The van der Waals surface area contributed by atoms with Crippen molar-refractivity contribution in [3.05, 3.63) is 0 Å². The van der Waals surface area contributed by atoms with Crippen LogP contribution in [-0.2, 0) is 0 Å². The summed E-state index contributed by atoms with van der Waals surface area (Å²) in [4.78, 5) is 0. The van der Waals surface area contributed by atoms with Gasteiger partial charge in [-0.2, -0.15) is 12.6 Å². The van der Waals surface area contributed by atoms with Gasteiger partial charge in [0, 0.05) is 4.75 Å². The van der Waals surface area contributed by atoms with Crippen molar-refractivity contribution >= 4 is 12.6 Å². The summed E-state index contributed by atoms with van der Waals surface area (Å²) in [5.41, 5.74) is 0. The molecule has 1 saturated carbocycles. The van der Waals surface area contributed by atoms with Gasteiger partial charge < -0.3 is 5.11 Å². The molecule has 0 spiro atoms. The SMILES string of the molecule is C[C@@]1(S)CCCC(O)C1. The van der Waals surface area contributed by atoms with E-state index < -0.39 is 0 Å². The summed E-state index contributed by atoms with van der Waals surface area (Å²) in [6.45, 7) is 2.10. The van der Waals surface area contributed by atoms with Gasteiger partial charge in [0.2, 0.25) is 0 Å². The van der Waals surface area contributed by atoms with Gasteiger partial charge in [-0.3, -0.25) is 0 Å². The lowest BCUT2D eigenvalue weighted by atomic mass is 9.88. The van der Waals surface area contributed by atoms with Crippen LogP contribution in [0.15, 0.2) is 0 Å². The first kappa shape index (κ1) is 7.42. The van der Waals surface area contributed by atoms with E-state index in [9.17, 15) is 5.11 Å². The number of hydrogen-bond acceptors (Lipinski definition) is 2. The molecule has 0 heterocycles. The number of aliphatic hydroxyl groups is 1. The summed E-state index contributed by atoms with van der Waals surface area (Å²) in [5, 5.41) is 9.20. The Balaban J connectivity index is 2.41. The standard InChI is InChI=1S/C7H14OS/c1-7(9)4-2-3-6(8)5-7/h6,8-9H,2-5H2,1H3/t6?,7-/m1/s1. The molecule has 1 aliphatic carbocycles. The zero-order valence-electron chi connectivity index (χ0n) is 5.80. The maximum absolute atomic E-state index is 9.20. The van der Waals surface area contributed by atoms with Gasteiger partial charge >= 0.3 is 0 Å². The molecule has 54 valence electrons. The molecule has 1 nitrogen and oxygen atoms in total. The highest BCUT2D eigenvalue weighted by Gasteiger charge is 2.27. The topological polar surface area (TPSA) is 20.2 Å². The molecule has 2 atom stereocenters. The van der Waals surface area contributed by atoms with Crippen molar-refractivity contribution in [3.8, 4) is 0 Å². The van der Waals surface area contributed by atoms with Crippen molar-refractivity contribution in [2.75, 3.05) is 0 Å². The fourth-order valence-electron chi connectivity index (χ4n) is 1.43. The maximum Gasteiger partial charge on any atom is 0.0553 e. The van der Waals surface area contributed by atoms with E-state index in [1.54, 1.807) is 0 Å². The molecule has 1 fully saturated rings. The van der Waals surface area contributed by atoms with E-state index in [0.717, 1.165) is 25.7 Å². The minimum absolute atomic E-state index is 0.0949. The average Bonchev–Trinajstić information content (AvgIpc) is 1.60. The highest BCUT2D eigenvalue weighted by atomic mass is 32.1. The van der Waals surface area contributed by atoms with Gasteiger partial charge in [0.25, 0.3) is 0 Å². The quantitative estimate of drug-likeness (QED) is 0.497. The molecule has 0 radical (unpaired) electrons. The predicted octanol–water partition coefficient (Wildman–Crippen LogP) is 1.61. The lowest BCUT2D eigenvalue weighted by Gasteiger charge is -2.31. The van der Waals surface area contributed by atoms with E-state index in [2.05, 4.69) is 19.6 Å². The fraction of sp³-hybridized carbons (Fsp3) is 1.00. The number of aliphatic hydroxyl groups excluding tert-OH is 1. The van der Waals surface area contributed by atoms with Crippen molar-refractivity contribution in [3.63, 3.8) is 0 Å². The minimum Gasteiger partial charge on any atom is -0.393 e. The molecule has 1 N–H and O–H groups in total. The zero-order chi connectivity index (χ0) is 6.91. The summed E-state index contributed by atoms with van der Waals surface area (Å²) in [6.07, 6.45) is 4.00. The Hall–Kier alpha value is 0.310. The Morgan fingerprint density at radius 2 is 2.33 bits per heavy atom. The normalized spacial score (nSPS) is 45.0. The summed E-state index contributed by atoms with van der Waals surface area (Å²) < 4.78 is 0.0949. The fourth-order valence-corrected chi connectivity index (χ4v) is 1.80. The Labute approximate surface area is 61.9 Å². The van der Waals surface area contributed by atoms with Crippen LogP contribution in [0.25, 0.3) is 0 Å². The van der Waals surface area contributed by atoms with Crippen LogP contribution < -0.4 is 0 Å². The summed E-state index contributed by atoms with van der Waals surface area (Å²) in [7, 11) is 0. The van der Waals surface area contributed by atoms with E-state index in [1.165, 1.54) is 0 Å². The highest BCUT2D eigenvalue weighted by molar-refractivity contribution is 7.81. The molecular formula is C7H14OS. The molecule has 0 aliphatic heterocycles. The minimum atomic E-state index is -0.0961. The zero-order valence-corrected chi connectivity index (χ0v) is 6.69. The molecule has 2 heteroatoms. The van der Waals surface area contributed by atoms with Crippen molar-refractivity contribution in [2.24, 2.45) is 0 Å². The lowest BCUT2D eigenvalue weighted by Crippen LogP contribution is -2.29. The third kappa shape index (κ3) is 2.18. The van der Waals surface area contributed by atoms with Crippen molar-refractivity contribution in [1.82, 2.24) is 0 Å². The second kappa shape index (κ2) is 2.51. The lowest BCUT2D eigenvalue weighted by molar-refractivity contribution is 0.116. The van der Waals surface area contributed by atoms with Crippen LogP contribution in [0.3, 0.4) is 0 Å². The number of hydrogen-bond donors (Lipinski definition) is 2. The number of rotatable bonds is 0. The number of thiol groups is 1. The van der Waals surface area contributed by atoms with E-state index in [-0.39, 0.29) is 10.9 Å². The Morgan fingerprint density at radius 3 is 2.67 bits per heavy atom. The maximum atomic E-state index is 9.20. The molecule has 0 bridgehead atoms. The Kier molecular flexibility index (Phi) is 2.07. The molecule has 9 heavy (non-hydrogen) atoms. The van der Waals surface area contributed by atoms with Crippen molar-refractivity contribution in [2.45, 2.75) is 43.5 Å². The van der Waals surface area contributed by atoms with Crippen LogP contribution in [0.2, 0.25) is 0 Å². The molecule has 1 aliphatic rings. The predicted molar refractivity (Wildman–Crippen MR) is 41.9 cm³/mol. The molecule has 1 unspecified atom stereocenters. The van der Waals surface area contributed by atoms with E-state index in [1.807, 2.05) is 0 Å². The van der Waals surface area contributed by atoms with Crippen LogP contribution >= 0.6 is 12.6 Å². The molecule has 0 aromatic rings. The summed E-state index contributed by atoms with van der Waals surface area (Å²) >= 11 is 4.42. The first-order valence-corrected chi connectivity index (χ1v) is 3.95. The third-order valence-corrected chi connectivity index (χ3v) is 2.33. The largest absolute Gasteiger partial charge is 0.393 e. The average molecular weight is 146 g/mol. The third-order valence-electron chi connectivity index (χ3n) is 1.93. The van der Waals surface area contributed by atoms with Crippen molar-refractivity contribution in [1.29, 1.82) is 0 Å². The van der Waals surface area contributed by atoms with Crippen molar-refractivity contribution < 1.29 is 5.11 Å². The summed E-state index contributed by atoms with van der Waals surface area (Å²) in [5.74, 6) is 0. The molecule has 1 rings (SSSR count). The Bertz CT molecular complexity index is 101. The van der Waals surface area contributed by atoms with Crippen LogP contribution in [0, 0.1) is 0 Å². The van der Waals surface area contributed by atoms with E-state index >= 15 is 0 Å². The van der Waals surface area contributed by atoms with E-state index in [4.69, 9.17) is 0 Å². The second-order valence-electron chi connectivity index (χ2n) is 3.25. The van der Waals surface area contributed by atoms with Gasteiger partial charge in [-0.15, -0.1) is 0 Å². The summed E-state index contributed by atoms with van der Waals surface area (Å²) in [6, 6.07) is 0. The second-order valence-corrected chi connectivity index (χ2v) is 4.33. The van der Waals surface area contributed by atoms with Gasteiger partial charge in [-0.05, 0) is 25.7 Å². The van der Waals surface area contributed by atoms with Crippen LogP contribution in [0.1, 0.15) is 32.6 Å². The molecule has 0 amide bonds. The molecule has 0 aromatic carbocycles. The Morgan fingerprint density at radius 1 is 1.67 bits per heavy atom. The molecule has 0 aromatic heterocycles. The van der Waals surface area contributed by atoms with Crippen LogP contribution in [-0.4, -0.2) is 16.0 Å². The van der Waals surface area contributed by atoms with Crippen LogP contribution in [0.4, 0.5) is 0 Å². The first-order chi connectivity index (χ1) is 4.10. The van der Waals surface area contributed by atoms with Gasteiger partial charge in [-0.25, -0.2) is 0 Å². The van der Waals surface area contributed by atoms with Crippen LogP contribution in [0.5, 0.6) is 0 Å². The highest BCUT2D eigenvalue weighted by Crippen LogP contribution is 2.32. The van der Waals surface area contributed by atoms with Gasteiger partial charge in [-0.1, -0.05) is 6.92 Å². The first-order valence-electron chi connectivity index (χ1n) is 3.51. The van der Waals surface area contributed by atoms with E-state index in [0.29, 0.717) is 0 Å². The molecule has 0 saturated heterocycles. The van der Waals surface area contributed by atoms with Gasteiger partial charge in [0.05, 0.1) is 6.10 Å².